The van der Waals surface area contributed by atoms with E-state index in [0.29, 0.717) is 17.7 Å². The number of nitrogens with two attached hydrogens (primary N) is 1. The predicted molar refractivity (Wildman–Crippen MR) is 83.5 cm³/mol. The average Bonchev–Trinajstić information content (AvgIpc) is 3.03. The molecule has 4 aromatic rings. The molecule has 0 aliphatic heterocycles. The van der Waals surface area contributed by atoms with Crippen LogP contribution in [0, 0.1) is 0 Å². The van der Waals surface area contributed by atoms with Crippen LogP contribution in [0.5, 0.6) is 0 Å². The standard InChI is InChI=1S/C14H11N5OS/c15-14-17-12-11(13(20)18-14)16-7-19(12)6-9-5-8-3-1-2-4-10(8)21-9/h1-5,7H,6H2,(H3,15,17,18,20). The monoisotopic (exact) mass is 297 g/mol. The molecule has 0 bridgehead atoms. The van der Waals surface area contributed by atoms with Gasteiger partial charge in [-0.25, -0.2) is 4.98 Å². The molecule has 4 rings (SSSR count). The van der Waals surface area contributed by atoms with Gasteiger partial charge in [0.05, 0.1) is 12.9 Å². The Balaban J connectivity index is 1.82. The summed E-state index contributed by atoms with van der Waals surface area (Å²) in [7, 11) is 0. The number of benzene rings is 1. The normalized spacial score (nSPS) is 11.4. The van der Waals surface area contributed by atoms with Crippen molar-refractivity contribution in [2.24, 2.45) is 0 Å². The summed E-state index contributed by atoms with van der Waals surface area (Å²) in [5, 5.41) is 1.22. The summed E-state index contributed by atoms with van der Waals surface area (Å²) in [5.74, 6) is 0.102. The van der Waals surface area contributed by atoms with E-state index >= 15 is 0 Å². The third-order valence-electron chi connectivity index (χ3n) is 3.30. The molecular formula is C14H11N5OS. The number of fused-ring (bicyclic) bond motifs is 2. The first-order valence-electron chi connectivity index (χ1n) is 6.39. The Morgan fingerprint density at radius 3 is 3.05 bits per heavy atom. The Bertz CT molecular complexity index is 980. The van der Waals surface area contributed by atoms with Gasteiger partial charge in [0.15, 0.2) is 11.2 Å². The van der Waals surface area contributed by atoms with E-state index in [9.17, 15) is 4.79 Å². The smallest absolute Gasteiger partial charge is 0.280 e. The van der Waals surface area contributed by atoms with Gasteiger partial charge in [-0.15, -0.1) is 11.3 Å². The van der Waals surface area contributed by atoms with Crippen LogP contribution < -0.4 is 11.3 Å². The number of imidazole rings is 1. The van der Waals surface area contributed by atoms with Gasteiger partial charge in [-0.05, 0) is 17.5 Å². The molecule has 1 aromatic carbocycles. The maximum atomic E-state index is 11.8. The Hall–Kier alpha value is -2.67. The summed E-state index contributed by atoms with van der Waals surface area (Å²) < 4.78 is 3.08. The fourth-order valence-electron chi connectivity index (χ4n) is 2.37. The number of aromatic amines is 1. The maximum absolute atomic E-state index is 11.8. The molecule has 0 saturated carbocycles. The molecule has 7 heteroatoms. The van der Waals surface area contributed by atoms with Crippen molar-refractivity contribution in [1.82, 2.24) is 19.5 Å². The average molecular weight is 297 g/mol. The van der Waals surface area contributed by atoms with Crippen molar-refractivity contribution < 1.29 is 0 Å². The lowest BCUT2D eigenvalue weighted by molar-refractivity contribution is 0.827. The van der Waals surface area contributed by atoms with Crippen LogP contribution in [0.3, 0.4) is 0 Å². The topological polar surface area (TPSA) is 89.6 Å². The summed E-state index contributed by atoms with van der Waals surface area (Å²) >= 11 is 1.72. The fraction of sp³-hybridized carbons (Fsp3) is 0.0714. The van der Waals surface area contributed by atoms with Gasteiger partial charge in [0.2, 0.25) is 5.95 Å². The number of thiophene rings is 1. The number of aromatic nitrogens is 4. The Labute approximate surface area is 122 Å². The summed E-state index contributed by atoms with van der Waals surface area (Å²) in [4.78, 5) is 23.7. The lowest BCUT2D eigenvalue weighted by Gasteiger charge is -2.01. The second kappa shape index (κ2) is 4.42. The first kappa shape index (κ1) is 12.1. The number of anilines is 1. The second-order valence-electron chi connectivity index (χ2n) is 4.75. The highest BCUT2D eigenvalue weighted by molar-refractivity contribution is 7.19. The van der Waals surface area contributed by atoms with Gasteiger partial charge in [0.25, 0.3) is 5.56 Å². The van der Waals surface area contributed by atoms with E-state index in [4.69, 9.17) is 5.73 Å². The van der Waals surface area contributed by atoms with E-state index in [1.54, 1.807) is 17.7 Å². The number of hydrogen-bond acceptors (Lipinski definition) is 5. The van der Waals surface area contributed by atoms with Gasteiger partial charge in [-0.3, -0.25) is 9.78 Å². The molecule has 0 unspecified atom stereocenters. The highest BCUT2D eigenvalue weighted by atomic mass is 32.1. The molecule has 3 heterocycles. The second-order valence-corrected chi connectivity index (χ2v) is 5.91. The molecule has 0 fully saturated rings. The molecule has 0 radical (unpaired) electrons. The molecule has 0 saturated heterocycles. The molecule has 0 aliphatic rings. The molecule has 3 aromatic heterocycles. The molecule has 6 nitrogen and oxygen atoms in total. The molecule has 21 heavy (non-hydrogen) atoms. The molecule has 104 valence electrons. The van der Waals surface area contributed by atoms with Crippen molar-refractivity contribution in [2.75, 3.05) is 5.73 Å². The Morgan fingerprint density at radius 2 is 2.19 bits per heavy atom. The highest BCUT2D eigenvalue weighted by Gasteiger charge is 2.10. The van der Waals surface area contributed by atoms with E-state index in [1.165, 1.54) is 15.0 Å². The minimum Gasteiger partial charge on any atom is -0.369 e. The van der Waals surface area contributed by atoms with Gasteiger partial charge < -0.3 is 10.3 Å². The summed E-state index contributed by atoms with van der Waals surface area (Å²) in [5.41, 5.74) is 6.11. The van der Waals surface area contributed by atoms with Crippen molar-refractivity contribution in [3.8, 4) is 0 Å². The van der Waals surface area contributed by atoms with Crippen LogP contribution in [-0.2, 0) is 6.54 Å². The SMILES string of the molecule is Nc1nc2c(ncn2Cc2cc3ccccc3s2)c(=O)[nH]1. The third kappa shape index (κ3) is 1.98. The van der Waals surface area contributed by atoms with Crippen LogP contribution in [-0.4, -0.2) is 19.5 Å². The molecule has 0 atom stereocenters. The molecule has 3 N–H and O–H groups in total. The molecule has 0 amide bonds. The van der Waals surface area contributed by atoms with Crippen LogP contribution in [0.2, 0.25) is 0 Å². The van der Waals surface area contributed by atoms with Crippen molar-refractivity contribution in [3.05, 3.63) is 51.9 Å². The van der Waals surface area contributed by atoms with E-state index in [-0.39, 0.29) is 11.5 Å². The predicted octanol–water partition coefficient (Wildman–Crippen LogP) is 1.96. The van der Waals surface area contributed by atoms with Crippen molar-refractivity contribution in [2.45, 2.75) is 6.54 Å². The van der Waals surface area contributed by atoms with Crippen LogP contribution in [0.4, 0.5) is 5.95 Å². The van der Waals surface area contributed by atoms with Gasteiger partial charge in [-0.2, -0.15) is 4.98 Å². The van der Waals surface area contributed by atoms with Gasteiger partial charge in [0, 0.05) is 9.58 Å². The van der Waals surface area contributed by atoms with Gasteiger partial charge in [-0.1, -0.05) is 18.2 Å². The number of nitrogens with zero attached hydrogens (tertiary/aromatic N) is 3. The minimum absolute atomic E-state index is 0.102. The lowest BCUT2D eigenvalue weighted by Crippen LogP contribution is -2.12. The van der Waals surface area contributed by atoms with Gasteiger partial charge in [0.1, 0.15) is 0 Å². The molecular weight excluding hydrogens is 286 g/mol. The molecule has 0 aliphatic carbocycles. The summed E-state index contributed by atoms with van der Waals surface area (Å²) in [6.45, 7) is 0.617. The third-order valence-corrected chi connectivity index (χ3v) is 4.40. The quantitative estimate of drug-likeness (QED) is 0.592. The minimum atomic E-state index is -0.312. The summed E-state index contributed by atoms with van der Waals surface area (Å²) in [6.07, 6.45) is 1.62. The lowest BCUT2D eigenvalue weighted by atomic mass is 10.2. The van der Waals surface area contributed by atoms with Crippen LogP contribution in [0.15, 0.2) is 41.5 Å². The van der Waals surface area contributed by atoms with Crippen LogP contribution in [0.1, 0.15) is 4.88 Å². The van der Waals surface area contributed by atoms with Crippen molar-refractivity contribution in [1.29, 1.82) is 0 Å². The number of rotatable bonds is 2. The Morgan fingerprint density at radius 1 is 1.33 bits per heavy atom. The number of hydrogen-bond donors (Lipinski definition) is 2. The maximum Gasteiger partial charge on any atom is 0.280 e. The largest absolute Gasteiger partial charge is 0.369 e. The number of nitrogen functional groups attached to an aromatic ring is 1. The number of H-pyrrole nitrogens is 1. The van der Waals surface area contributed by atoms with Crippen LogP contribution in [0.25, 0.3) is 21.3 Å². The van der Waals surface area contributed by atoms with E-state index in [2.05, 4.69) is 33.2 Å². The van der Waals surface area contributed by atoms with E-state index < -0.39 is 0 Å². The fourth-order valence-corrected chi connectivity index (χ4v) is 3.43. The first-order chi connectivity index (χ1) is 10.2. The van der Waals surface area contributed by atoms with E-state index in [0.717, 1.165) is 0 Å². The molecule has 0 spiro atoms. The number of nitrogens with one attached hydrogen (secondary N) is 1. The van der Waals surface area contributed by atoms with Crippen molar-refractivity contribution in [3.63, 3.8) is 0 Å². The zero-order valence-electron chi connectivity index (χ0n) is 10.9. The van der Waals surface area contributed by atoms with E-state index in [1.807, 2.05) is 16.7 Å². The Kier molecular flexibility index (Phi) is 2.55. The van der Waals surface area contributed by atoms with Crippen molar-refractivity contribution >= 4 is 38.5 Å². The highest BCUT2D eigenvalue weighted by Crippen LogP contribution is 2.26. The van der Waals surface area contributed by atoms with Gasteiger partial charge >= 0.3 is 0 Å². The summed E-state index contributed by atoms with van der Waals surface area (Å²) in [6, 6.07) is 10.4. The zero-order valence-corrected chi connectivity index (χ0v) is 11.7. The van der Waals surface area contributed by atoms with Crippen LogP contribution >= 0.6 is 11.3 Å². The first-order valence-corrected chi connectivity index (χ1v) is 7.20. The zero-order chi connectivity index (χ0) is 14.4.